The van der Waals surface area contributed by atoms with Crippen LogP contribution in [0.3, 0.4) is 0 Å². The van der Waals surface area contributed by atoms with Crippen molar-refractivity contribution in [1.82, 2.24) is 15.2 Å². The average Bonchev–Trinajstić information content (AvgIpc) is 3.14. The van der Waals surface area contributed by atoms with Crippen LogP contribution in [0.15, 0.2) is 91.3 Å². The molecule has 0 fully saturated rings. The third-order valence-electron chi connectivity index (χ3n) is 9.47. The lowest BCUT2D eigenvalue weighted by Crippen LogP contribution is -2.28. The summed E-state index contributed by atoms with van der Waals surface area (Å²) in [6.07, 6.45) is 1.69. The third-order valence-corrected chi connectivity index (χ3v) is 9.77. The van der Waals surface area contributed by atoms with Gasteiger partial charge in [-0.15, -0.1) is 0 Å². The Kier molecular flexibility index (Phi) is 13.2. The van der Waals surface area contributed by atoms with Crippen molar-refractivity contribution in [3.05, 3.63) is 135 Å². The number of benzene rings is 4. The molecule has 5 rings (SSSR count). The number of hydrogen-bond donors (Lipinski definition) is 3. The molecule has 10 heteroatoms. The van der Waals surface area contributed by atoms with Crippen LogP contribution in [0.5, 0.6) is 11.5 Å². The zero-order valence-corrected chi connectivity index (χ0v) is 31.4. The Morgan fingerprint density at radius 3 is 2.28 bits per heavy atom. The van der Waals surface area contributed by atoms with Crippen LogP contribution in [0.25, 0.3) is 22.3 Å². The summed E-state index contributed by atoms with van der Waals surface area (Å²) in [7, 11) is 4.18. The number of pyridine rings is 1. The summed E-state index contributed by atoms with van der Waals surface area (Å²) in [5, 5.41) is 31.8. The Morgan fingerprint density at radius 2 is 1.58 bits per heavy atom. The molecule has 1 heterocycles. The minimum absolute atomic E-state index is 0.0656. The zero-order chi connectivity index (χ0) is 38.1. The van der Waals surface area contributed by atoms with Gasteiger partial charge in [-0.3, -0.25) is 9.78 Å². The van der Waals surface area contributed by atoms with E-state index in [9.17, 15) is 15.2 Å². The van der Waals surface area contributed by atoms with E-state index in [-0.39, 0.29) is 32.7 Å². The van der Waals surface area contributed by atoms with Crippen molar-refractivity contribution < 1.29 is 24.5 Å². The molecule has 2 unspecified atom stereocenters. The molecule has 0 aliphatic heterocycles. The van der Waals surface area contributed by atoms with Crippen molar-refractivity contribution in [3.63, 3.8) is 0 Å². The lowest BCUT2D eigenvalue weighted by molar-refractivity contribution is -0.139. The zero-order valence-electron chi connectivity index (χ0n) is 30.7. The highest BCUT2D eigenvalue weighted by Crippen LogP contribution is 2.37. The molecule has 0 saturated heterocycles. The first-order chi connectivity index (χ1) is 25.4. The molecule has 4 aromatic carbocycles. The van der Waals surface area contributed by atoms with E-state index < -0.39 is 12.1 Å². The van der Waals surface area contributed by atoms with Gasteiger partial charge >= 0.3 is 5.97 Å². The van der Waals surface area contributed by atoms with Crippen LogP contribution in [-0.4, -0.2) is 52.8 Å². The van der Waals surface area contributed by atoms with Crippen molar-refractivity contribution >= 4 is 17.6 Å². The Balaban J connectivity index is 1.37. The number of aromatic nitrogens is 1. The number of aliphatic hydroxyl groups is 1. The first kappa shape index (κ1) is 39.0. The number of carboxylic acid groups (broad SMARTS) is 1. The molecule has 53 heavy (non-hydrogen) atoms. The molecule has 0 bridgehead atoms. The smallest absolute Gasteiger partial charge is 0.306 e. The van der Waals surface area contributed by atoms with Crippen LogP contribution in [-0.2, 0) is 24.6 Å². The van der Waals surface area contributed by atoms with Gasteiger partial charge in [0.05, 0.1) is 23.1 Å². The van der Waals surface area contributed by atoms with Crippen LogP contribution in [0, 0.1) is 25.2 Å². The fourth-order valence-corrected chi connectivity index (χ4v) is 6.40. The van der Waals surface area contributed by atoms with Gasteiger partial charge in [0.2, 0.25) is 0 Å². The summed E-state index contributed by atoms with van der Waals surface area (Å²) in [5.41, 5.74) is 11.0. The van der Waals surface area contributed by atoms with Gasteiger partial charge in [-0.25, -0.2) is 0 Å². The lowest BCUT2D eigenvalue weighted by Gasteiger charge is -2.21. The topological polar surface area (TPSA) is 128 Å². The van der Waals surface area contributed by atoms with Crippen molar-refractivity contribution in [2.75, 3.05) is 20.6 Å². The van der Waals surface area contributed by atoms with Crippen LogP contribution in [0.2, 0.25) is 5.02 Å². The first-order valence-electron chi connectivity index (χ1n) is 17.4. The number of hydrogen-bond acceptors (Lipinski definition) is 8. The van der Waals surface area contributed by atoms with E-state index >= 15 is 0 Å². The fourth-order valence-electron chi connectivity index (χ4n) is 6.16. The van der Waals surface area contributed by atoms with Gasteiger partial charge in [-0.1, -0.05) is 72.3 Å². The Labute approximate surface area is 316 Å². The Bertz CT molecular complexity index is 2090. The van der Waals surface area contributed by atoms with Gasteiger partial charge < -0.3 is 29.9 Å². The van der Waals surface area contributed by atoms with E-state index in [0.29, 0.717) is 39.3 Å². The number of nitrogens with zero attached hydrogens (tertiary/aromatic N) is 3. The summed E-state index contributed by atoms with van der Waals surface area (Å²) in [5.74, 6) is -0.175. The van der Waals surface area contributed by atoms with Gasteiger partial charge in [0.15, 0.2) is 0 Å². The van der Waals surface area contributed by atoms with E-state index in [1.54, 1.807) is 24.4 Å². The minimum atomic E-state index is -1.08. The quantitative estimate of drug-likeness (QED) is 0.0919. The van der Waals surface area contributed by atoms with E-state index in [1.165, 1.54) is 28.5 Å². The van der Waals surface area contributed by atoms with Crippen molar-refractivity contribution in [3.8, 4) is 39.8 Å². The van der Waals surface area contributed by atoms with E-state index in [4.69, 9.17) is 26.2 Å². The van der Waals surface area contributed by atoms with Crippen molar-refractivity contribution in [2.45, 2.75) is 59.1 Å². The van der Waals surface area contributed by atoms with Crippen LogP contribution in [0.4, 0.5) is 0 Å². The number of nitriles is 1. The predicted octanol–water partition coefficient (Wildman–Crippen LogP) is 8.26. The normalized spacial score (nSPS) is 12.3. The maximum atomic E-state index is 11.0. The SMILES string of the molecule is Cc1c(COc2cc(OCc3cncc(C#N)c3)c(CNCC(O)CC(=O)O)cc2Cl)cccc1-c1cccc(-c2ccc(C(C)N(C)C)cc2)c1C. The van der Waals surface area contributed by atoms with Gasteiger partial charge in [-0.2, -0.15) is 5.26 Å². The number of halogens is 1. The summed E-state index contributed by atoms with van der Waals surface area (Å²) in [6, 6.07) is 29.0. The largest absolute Gasteiger partial charge is 0.488 e. The molecule has 0 aliphatic rings. The highest BCUT2D eigenvalue weighted by atomic mass is 35.5. The van der Waals surface area contributed by atoms with E-state index in [0.717, 1.165) is 22.3 Å². The number of aliphatic carboxylic acids is 1. The van der Waals surface area contributed by atoms with E-state index in [2.05, 4.69) is 105 Å². The number of carboxylic acids is 1. The molecule has 0 aliphatic carbocycles. The second-order valence-corrected chi connectivity index (χ2v) is 13.8. The summed E-state index contributed by atoms with van der Waals surface area (Å²) < 4.78 is 12.5. The highest BCUT2D eigenvalue weighted by molar-refractivity contribution is 6.32. The average molecular weight is 733 g/mol. The summed E-state index contributed by atoms with van der Waals surface area (Å²) in [4.78, 5) is 17.3. The van der Waals surface area contributed by atoms with Gasteiger partial charge in [0.25, 0.3) is 0 Å². The van der Waals surface area contributed by atoms with Crippen LogP contribution in [0.1, 0.15) is 58.3 Å². The molecule has 0 spiro atoms. The number of nitrogens with one attached hydrogen (secondary N) is 1. The van der Waals surface area contributed by atoms with Crippen LogP contribution < -0.4 is 14.8 Å². The summed E-state index contributed by atoms with van der Waals surface area (Å²) in [6.45, 7) is 7.18. The van der Waals surface area contributed by atoms with Crippen molar-refractivity contribution in [2.24, 2.45) is 0 Å². The fraction of sp³-hybridized carbons (Fsp3) is 0.279. The molecule has 0 amide bonds. The molecule has 9 nitrogen and oxygen atoms in total. The molecular weight excluding hydrogens is 688 g/mol. The van der Waals surface area contributed by atoms with Crippen LogP contribution >= 0.6 is 11.6 Å². The molecule has 0 saturated carbocycles. The number of rotatable bonds is 16. The standard InChI is InChI=1S/C43H45ClN4O5/c1-27-34(8-6-10-38(27)39-11-7-9-37(28(39)2)33-14-12-32(13-15-33)29(3)48(4)5)26-53-42-19-41(52-25-31-16-30(20-45)21-46-22-31)35(17-40(42)44)23-47-24-36(49)18-43(50)51/h6-17,19,21-22,29,36,47,49H,18,23-26H2,1-5H3,(H,50,51). The predicted molar refractivity (Wildman–Crippen MR) is 208 cm³/mol. The second-order valence-electron chi connectivity index (χ2n) is 13.4. The number of aliphatic hydroxyl groups excluding tert-OH is 1. The molecular formula is C43H45ClN4O5. The maximum Gasteiger partial charge on any atom is 0.306 e. The van der Waals surface area contributed by atoms with Gasteiger partial charge in [-0.05, 0) is 91.5 Å². The van der Waals surface area contributed by atoms with E-state index in [1.807, 2.05) is 12.1 Å². The molecule has 2 atom stereocenters. The molecule has 3 N–H and O–H groups in total. The van der Waals surface area contributed by atoms with Gasteiger partial charge in [0, 0.05) is 48.7 Å². The maximum absolute atomic E-state index is 11.0. The third kappa shape index (κ3) is 10.0. The Hall–Kier alpha value is -5.24. The van der Waals surface area contributed by atoms with Crippen molar-refractivity contribution in [1.29, 1.82) is 5.26 Å². The second kappa shape index (κ2) is 18.0. The molecule has 274 valence electrons. The van der Waals surface area contributed by atoms with Gasteiger partial charge in [0.1, 0.15) is 30.8 Å². The number of ether oxygens (including phenoxy) is 2. The Morgan fingerprint density at radius 1 is 0.906 bits per heavy atom. The lowest BCUT2D eigenvalue weighted by atomic mass is 9.89. The minimum Gasteiger partial charge on any atom is -0.488 e. The first-order valence-corrected chi connectivity index (χ1v) is 17.8. The molecule has 1 aromatic heterocycles. The summed E-state index contributed by atoms with van der Waals surface area (Å²) >= 11 is 6.76. The molecule has 0 radical (unpaired) electrons. The number of carbonyl (C=O) groups is 1. The molecule has 5 aromatic rings. The monoisotopic (exact) mass is 732 g/mol. The highest BCUT2D eigenvalue weighted by Gasteiger charge is 2.17.